The second kappa shape index (κ2) is 6.18. The summed E-state index contributed by atoms with van der Waals surface area (Å²) in [7, 11) is 1.96. The van der Waals surface area contributed by atoms with Gasteiger partial charge >= 0.3 is 0 Å². The third-order valence-electron chi connectivity index (χ3n) is 3.46. The molecule has 1 unspecified atom stereocenters. The Labute approximate surface area is 109 Å². The van der Waals surface area contributed by atoms with Gasteiger partial charge in [-0.2, -0.15) is 0 Å². The normalized spacial score (nSPS) is 20.2. The monoisotopic (exact) mass is 250 g/mol. The molecule has 1 aromatic carbocycles. The van der Waals surface area contributed by atoms with E-state index in [2.05, 4.69) is 35.3 Å². The molecule has 1 saturated heterocycles. The largest absolute Gasteiger partial charge is 0.394 e. The molecule has 4 nitrogen and oxygen atoms in total. The minimum absolute atomic E-state index is 0.0771. The molecule has 100 valence electrons. The molecule has 1 aromatic rings. The standard InChI is InChI=1S/C14H22N2O2/c1-11-7-13(4-3-12(11)8-15-2)16-5-6-18-10-14(16)9-17/h3-4,7,14-15,17H,5-6,8-10H2,1-2H3. The molecule has 2 N–H and O–H groups in total. The Kier molecular flexibility index (Phi) is 4.58. The molecule has 1 aliphatic rings. The van der Waals surface area contributed by atoms with Gasteiger partial charge in [-0.1, -0.05) is 6.07 Å². The van der Waals surface area contributed by atoms with Gasteiger partial charge in [-0.05, 0) is 37.2 Å². The summed E-state index contributed by atoms with van der Waals surface area (Å²) in [6.45, 7) is 5.33. The molecule has 0 aliphatic carbocycles. The van der Waals surface area contributed by atoms with Crippen LogP contribution in [0.3, 0.4) is 0 Å². The number of rotatable bonds is 4. The number of aliphatic hydroxyl groups excluding tert-OH is 1. The Balaban J connectivity index is 2.19. The molecule has 0 aromatic heterocycles. The lowest BCUT2D eigenvalue weighted by molar-refractivity contribution is 0.0727. The molecular formula is C14H22N2O2. The highest BCUT2D eigenvalue weighted by molar-refractivity contribution is 5.52. The van der Waals surface area contributed by atoms with Crippen LogP contribution < -0.4 is 10.2 Å². The van der Waals surface area contributed by atoms with Gasteiger partial charge in [0.15, 0.2) is 0 Å². The van der Waals surface area contributed by atoms with Crippen LogP contribution >= 0.6 is 0 Å². The van der Waals surface area contributed by atoms with Gasteiger partial charge in [-0.3, -0.25) is 0 Å². The molecule has 1 atom stereocenters. The molecular weight excluding hydrogens is 228 g/mol. The van der Waals surface area contributed by atoms with E-state index in [1.165, 1.54) is 16.8 Å². The van der Waals surface area contributed by atoms with Crippen molar-refractivity contribution in [2.24, 2.45) is 0 Å². The molecule has 18 heavy (non-hydrogen) atoms. The quantitative estimate of drug-likeness (QED) is 0.834. The Morgan fingerprint density at radius 2 is 2.33 bits per heavy atom. The number of hydrogen-bond acceptors (Lipinski definition) is 4. The first-order valence-corrected chi connectivity index (χ1v) is 6.45. The lowest BCUT2D eigenvalue weighted by atomic mass is 10.1. The van der Waals surface area contributed by atoms with Crippen LogP contribution in [0.2, 0.25) is 0 Å². The Morgan fingerprint density at radius 1 is 1.50 bits per heavy atom. The molecule has 1 heterocycles. The number of benzene rings is 1. The summed E-state index contributed by atoms with van der Waals surface area (Å²) in [6.07, 6.45) is 0. The second-order valence-electron chi connectivity index (χ2n) is 4.75. The highest BCUT2D eigenvalue weighted by atomic mass is 16.5. The summed E-state index contributed by atoms with van der Waals surface area (Å²) in [5, 5.41) is 12.6. The number of morpholine rings is 1. The molecule has 4 heteroatoms. The summed E-state index contributed by atoms with van der Waals surface area (Å²) < 4.78 is 5.41. The number of hydrogen-bond donors (Lipinski definition) is 2. The lowest BCUT2D eigenvalue weighted by Crippen LogP contribution is -2.47. The first-order chi connectivity index (χ1) is 8.76. The van der Waals surface area contributed by atoms with Gasteiger partial charge in [0.1, 0.15) is 0 Å². The van der Waals surface area contributed by atoms with Gasteiger partial charge in [-0.25, -0.2) is 0 Å². The molecule has 0 saturated carbocycles. The number of nitrogens with zero attached hydrogens (tertiary/aromatic N) is 1. The van der Waals surface area contributed by atoms with Crippen molar-refractivity contribution in [3.05, 3.63) is 29.3 Å². The smallest absolute Gasteiger partial charge is 0.0755 e. The summed E-state index contributed by atoms with van der Waals surface area (Å²) >= 11 is 0. The molecule has 1 fully saturated rings. The highest BCUT2D eigenvalue weighted by Gasteiger charge is 2.22. The molecule has 0 bridgehead atoms. The fourth-order valence-electron chi connectivity index (χ4n) is 2.39. The van der Waals surface area contributed by atoms with Crippen LogP contribution in [0.25, 0.3) is 0 Å². The zero-order valence-corrected chi connectivity index (χ0v) is 11.1. The van der Waals surface area contributed by atoms with Crippen molar-refractivity contribution in [3.8, 4) is 0 Å². The zero-order chi connectivity index (χ0) is 13.0. The summed E-state index contributed by atoms with van der Waals surface area (Å²) in [5.41, 5.74) is 3.77. The van der Waals surface area contributed by atoms with Crippen molar-refractivity contribution >= 4 is 5.69 Å². The van der Waals surface area contributed by atoms with Gasteiger partial charge in [-0.15, -0.1) is 0 Å². The Morgan fingerprint density at radius 3 is 3.00 bits per heavy atom. The number of anilines is 1. The van der Waals surface area contributed by atoms with E-state index in [-0.39, 0.29) is 12.6 Å². The first-order valence-electron chi connectivity index (χ1n) is 6.45. The van der Waals surface area contributed by atoms with Gasteiger partial charge < -0.3 is 20.1 Å². The molecule has 2 rings (SSSR count). The van der Waals surface area contributed by atoms with Gasteiger partial charge in [0, 0.05) is 18.8 Å². The average Bonchev–Trinajstić information content (AvgIpc) is 2.41. The van der Waals surface area contributed by atoms with Gasteiger partial charge in [0.25, 0.3) is 0 Å². The van der Waals surface area contributed by atoms with E-state index < -0.39 is 0 Å². The van der Waals surface area contributed by atoms with Crippen molar-refractivity contribution in [1.82, 2.24) is 5.32 Å². The second-order valence-corrected chi connectivity index (χ2v) is 4.75. The Hall–Kier alpha value is -1.10. The zero-order valence-electron chi connectivity index (χ0n) is 11.1. The number of aliphatic hydroxyl groups is 1. The van der Waals surface area contributed by atoms with E-state index in [1.54, 1.807) is 0 Å². The third kappa shape index (κ3) is 2.83. The maximum Gasteiger partial charge on any atom is 0.0755 e. The summed E-state index contributed by atoms with van der Waals surface area (Å²) in [5.74, 6) is 0. The molecule has 0 spiro atoms. The molecule has 0 radical (unpaired) electrons. The fourth-order valence-corrected chi connectivity index (χ4v) is 2.39. The average molecular weight is 250 g/mol. The van der Waals surface area contributed by atoms with Crippen molar-refractivity contribution in [3.63, 3.8) is 0 Å². The minimum Gasteiger partial charge on any atom is -0.394 e. The van der Waals surface area contributed by atoms with Gasteiger partial charge in [0.2, 0.25) is 0 Å². The highest BCUT2D eigenvalue weighted by Crippen LogP contribution is 2.22. The van der Waals surface area contributed by atoms with Crippen LogP contribution in [0, 0.1) is 6.92 Å². The van der Waals surface area contributed by atoms with Crippen molar-refractivity contribution in [2.45, 2.75) is 19.5 Å². The lowest BCUT2D eigenvalue weighted by Gasteiger charge is -2.36. The van der Waals surface area contributed by atoms with Crippen molar-refractivity contribution in [2.75, 3.05) is 38.3 Å². The van der Waals surface area contributed by atoms with Crippen LogP contribution in [-0.4, -0.2) is 44.6 Å². The maximum atomic E-state index is 9.40. The van der Waals surface area contributed by atoms with Crippen LogP contribution in [0.4, 0.5) is 5.69 Å². The predicted octanol–water partition coefficient (Wildman–Crippen LogP) is 0.912. The molecule has 0 amide bonds. The van der Waals surface area contributed by atoms with E-state index in [0.29, 0.717) is 6.61 Å². The van der Waals surface area contributed by atoms with E-state index in [9.17, 15) is 5.11 Å². The van der Waals surface area contributed by atoms with E-state index >= 15 is 0 Å². The first kappa shape index (κ1) is 13.3. The predicted molar refractivity (Wildman–Crippen MR) is 73.0 cm³/mol. The summed E-state index contributed by atoms with van der Waals surface area (Å²) in [4.78, 5) is 2.24. The molecule has 1 aliphatic heterocycles. The maximum absolute atomic E-state index is 9.40. The van der Waals surface area contributed by atoms with Crippen molar-refractivity contribution < 1.29 is 9.84 Å². The number of aryl methyl sites for hydroxylation is 1. The number of ether oxygens (including phenoxy) is 1. The van der Waals surface area contributed by atoms with Crippen LogP contribution in [-0.2, 0) is 11.3 Å². The van der Waals surface area contributed by atoms with Crippen molar-refractivity contribution in [1.29, 1.82) is 0 Å². The number of nitrogens with one attached hydrogen (secondary N) is 1. The van der Waals surface area contributed by atoms with Crippen LogP contribution in [0.5, 0.6) is 0 Å². The van der Waals surface area contributed by atoms with Crippen LogP contribution in [0.15, 0.2) is 18.2 Å². The van der Waals surface area contributed by atoms with Crippen LogP contribution in [0.1, 0.15) is 11.1 Å². The van der Waals surface area contributed by atoms with Gasteiger partial charge in [0.05, 0.1) is 25.9 Å². The summed E-state index contributed by atoms with van der Waals surface area (Å²) in [6, 6.07) is 6.56. The van der Waals surface area contributed by atoms with E-state index in [0.717, 1.165) is 19.7 Å². The SMILES string of the molecule is CNCc1ccc(N2CCOCC2CO)cc1C. The van der Waals surface area contributed by atoms with E-state index in [4.69, 9.17) is 4.74 Å². The Bertz CT molecular complexity index is 395. The third-order valence-corrected chi connectivity index (χ3v) is 3.46. The topological polar surface area (TPSA) is 44.7 Å². The minimum atomic E-state index is 0.0771. The van der Waals surface area contributed by atoms with E-state index in [1.807, 2.05) is 7.05 Å². The fraction of sp³-hybridized carbons (Fsp3) is 0.571.